The topological polar surface area (TPSA) is 125 Å². The van der Waals surface area contributed by atoms with Crippen LogP contribution in [0.3, 0.4) is 0 Å². The lowest BCUT2D eigenvalue weighted by atomic mass is 10.1. The largest absolute Gasteiger partial charge is 0.507 e. The number of phenols is 2. The van der Waals surface area contributed by atoms with Crippen molar-refractivity contribution in [3.05, 3.63) is 63.7 Å². The predicted molar refractivity (Wildman–Crippen MR) is 77.9 cm³/mol. The molecule has 0 spiro atoms. The number of para-hydroxylation sites is 1. The summed E-state index contributed by atoms with van der Waals surface area (Å²) in [5.41, 5.74) is 1.90. The summed E-state index contributed by atoms with van der Waals surface area (Å²) in [5.74, 6) is -1.23. The zero-order valence-electron chi connectivity index (χ0n) is 11.1. The van der Waals surface area contributed by atoms with E-state index in [1.54, 1.807) is 18.2 Å². The molecule has 0 saturated heterocycles. The second-order valence-electron chi connectivity index (χ2n) is 4.22. The van der Waals surface area contributed by atoms with E-state index in [-0.39, 0.29) is 17.0 Å². The lowest BCUT2D eigenvalue weighted by Gasteiger charge is -2.03. The first-order valence-electron chi connectivity index (χ1n) is 6.08. The molecular weight excluding hydrogens is 290 g/mol. The van der Waals surface area contributed by atoms with Crippen LogP contribution in [0.2, 0.25) is 0 Å². The van der Waals surface area contributed by atoms with Gasteiger partial charge in [-0.3, -0.25) is 14.9 Å². The second kappa shape index (κ2) is 6.35. The van der Waals surface area contributed by atoms with Gasteiger partial charge in [0.2, 0.25) is 0 Å². The Hall–Kier alpha value is -3.42. The Kier molecular flexibility index (Phi) is 4.33. The quantitative estimate of drug-likeness (QED) is 0.451. The van der Waals surface area contributed by atoms with Crippen LogP contribution < -0.4 is 5.43 Å². The zero-order chi connectivity index (χ0) is 16.1. The van der Waals surface area contributed by atoms with Gasteiger partial charge >= 0.3 is 0 Å². The van der Waals surface area contributed by atoms with E-state index in [2.05, 4.69) is 10.5 Å². The Balaban J connectivity index is 2.14. The van der Waals surface area contributed by atoms with Crippen LogP contribution in [0.5, 0.6) is 11.5 Å². The van der Waals surface area contributed by atoms with Crippen molar-refractivity contribution in [1.82, 2.24) is 5.43 Å². The van der Waals surface area contributed by atoms with Crippen LogP contribution >= 0.6 is 0 Å². The molecule has 22 heavy (non-hydrogen) atoms. The molecule has 3 N–H and O–H groups in total. The molecule has 8 heteroatoms. The molecule has 0 aliphatic heterocycles. The van der Waals surface area contributed by atoms with Gasteiger partial charge in [0.05, 0.1) is 16.7 Å². The molecule has 112 valence electrons. The van der Waals surface area contributed by atoms with Gasteiger partial charge in [0.15, 0.2) is 0 Å². The van der Waals surface area contributed by atoms with Gasteiger partial charge in [-0.15, -0.1) is 0 Å². The number of non-ortho nitro benzene ring substituents is 1. The summed E-state index contributed by atoms with van der Waals surface area (Å²) in [7, 11) is 0. The van der Waals surface area contributed by atoms with Gasteiger partial charge in [-0.25, -0.2) is 5.43 Å². The van der Waals surface area contributed by atoms with Crippen LogP contribution in [0.15, 0.2) is 47.6 Å². The van der Waals surface area contributed by atoms with Crippen molar-refractivity contribution in [1.29, 1.82) is 0 Å². The number of rotatable bonds is 4. The maximum absolute atomic E-state index is 11.8. The Morgan fingerprint density at radius 2 is 1.91 bits per heavy atom. The number of benzene rings is 2. The highest BCUT2D eigenvalue weighted by atomic mass is 16.6. The summed E-state index contributed by atoms with van der Waals surface area (Å²) in [6.07, 6.45) is 1.21. The van der Waals surface area contributed by atoms with Crippen molar-refractivity contribution in [3.8, 4) is 11.5 Å². The SMILES string of the molecule is O=C(N/N=C/c1ccccc1O)c1cc([N+](=O)[O-])ccc1O. The Morgan fingerprint density at radius 3 is 2.59 bits per heavy atom. The molecule has 2 aromatic carbocycles. The summed E-state index contributed by atoms with van der Waals surface area (Å²) in [5, 5.41) is 33.4. The van der Waals surface area contributed by atoms with E-state index in [9.17, 15) is 25.1 Å². The molecule has 2 aromatic rings. The van der Waals surface area contributed by atoms with Crippen LogP contribution in [0.1, 0.15) is 15.9 Å². The first kappa shape index (κ1) is 15.0. The number of carbonyl (C=O) groups is 1. The van der Waals surface area contributed by atoms with Crippen molar-refractivity contribution in [2.24, 2.45) is 5.10 Å². The second-order valence-corrected chi connectivity index (χ2v) is 4.22. The van der Waals surface area contributed by atoms with E-state index in [1.165, 1.54) is 12.3 Å². The highest BCUT2D eigenvalue weighted by Crippen LogP contribution is 2.22. The van der Waals surface area contributed by atoms with Gasteiger partial charge in [-0.2, -0.15) is 5.10 Å². The average Bonchev–Trinajstić information content (AvgIpc) is 2.49. The number of phenolic OH excluding ortho intramolecular Hbond substituents is 2. The summed E-state index contributed by atoms with van der Waals surface area (Å²) in [6, 6.07) is 9.42. The summed E-state index contributed by atoms with van der Waals surface area (Å²) >= 11 is 0. The Labute approximate surface area is 124 Å². The third kappa shape index (κ3) is 3.37. The molecule has 0 heterocycles. The van der Waals surface area contributed by atoms with Crippen LogP contribution in [0, 0.1) is 10.1 Å². The smallest absolute Gasteiger partial charge is 0.275 e. The maximum Gasteiger partial charge on any atom is 0.275 e. The Morgan fingerprint density at radius 1 is 1.18 bits per heavy atom. The third-order valence-corrected chi connectivity index (χ3v) is 2.74. The van der Waals surface area contributed by atoms with Crippen LogP contribution in [-0.4, -0.2) is 27.3 Å². The molecule has 1 amide bonds. The number of nitrogens with zero attached hydrogens (tertiary/aromatic N) is 2. The van der Waals surface area contributed by atoms with E-state index < -0.39 is 16.6 Å². The first-order chi connectivity index (χ1) is 10.5. The number of carbonyl (C=O) groups excluding carboxylic acids is 1. The molecule has 0 radical (unpaired) electrons. The molecule has 0 aromatic heterocycles. The zero-order valence-corrected chi connectivity index (χ0v) is 11.1. The number of nitrogens with one attached hydrogen (secondary N) is 1. The van der Waals surface area contributed by atoms with Gasteiger partial charge < -0.3 is 10.2 Å². The molecule has 0 atom stereocenters. The van der Waals surface area contributed by atoms with E-state index in [0.717, 1.165) is 18.2 Å². The molecule has 8 nitrogen and oxygen atoms in total. The standard InChI is InChI=1S/C14H11N3O5/c18-12-4-2-1-3-9(12)8-15-16-14(20)11-7-10(17(21)22)5-6-13(11)19/h1-8,18-19H,(H,16,20)/b15-8+. The lowest BCUT2D eigenvalue weighted by Crippen LogP contribution is -2.18. The predicted octanol–water partition coefficient (Wildman–Crippen LogP) is 1.77. The molecule has 0 fully saturated rings. The highest BCUT2D eigenvalue weighted by Gasteiger charge is 2.15. The summed E-state index contributed by atoms with van der Waals surface area (Å²) in [6.45, 7) is 0. The molecule has 2 rings (SSSR count). The fourth-order valence-corrected chi connectivity index (χ4v) is 1.64. The molecule has 0 unspecified atom stereocenters. The lowest BCUT2D eigenvalue weighted by molar-refractivity contribution is -0.384. The van der Waals surface area contributed by atoms with Crippen molar-refractivity contribution in [3.63, 3.8) is 0 Å². The number of hydrogen-bond acceptors (Lipinski definition) is 6. The molecule has 0 bridgehead atoms. The van der Waals surface area contributed by atoms with Crippen molar-refractivity contribution in [2.45, 2.75) is 0 Å². The van der Waals surface area contributed by atoms with E-state index >= 15 is 0 Å². The normalized spacial score (nSPS) is 10.5. The molecule has 0 aliphatic carbocycles. The van der Waals surface area contributed by atoms with Crippen LogP contribution in [0.4, 0.5) is 5.69 Å². The molecule has 0 saturated carbocycles. The first-order valence-corrected chi connectivity index (χ1v) is 6.08. The minimum atomic E-state index is -0.812. The number of hydrazone groups is 1. The third-order valence-electron chi connectivity index (χ3n) is 2.74. The molecular formula is C14H11N3O5. The van der Waals surface area contributed by atoms with Crippen molar-refractivity contribution >= 4 is 17.8 Å². The highest BCUT2D eigenvalue weighted by molar-refractivity contribution is 5.98. The monoisotopic (exact) mass is 301 g/mol. The summed E-state index contributed by atoms with van der Waals surface area (Å²) in [4.78, 5) is 21.8. The minimum Gasteiger partial charge on any atom is -0.507 e. The van der Waals surface area contributed by atoms with Crippen molar-refractivity contribution < 1.29 is 19.9 Å². The molecule has 0 aliphatic rings. The van der Waals surface area contributed by atoms with E-state index in [0.29, 0.717) is 5.56 Å². The van der Waals surface area contributed by atoms with Gasteiger partial charge in [-0.05, 0) is 18.2 Å². The van der Waals surface area contributed by atoms with Gasteiger partial charge in [0.25, 0.3) is 11.6 Å². The van der Waals surface area contributed by atoms with Gasteiger partial charge in [0.1, 0.15) is 11.5 Å². The van der Waals surface area contributed by atoms with Crippen LogP contribution in [-0.2, 0) is 0 Å². The van der Waals surface area contributed by atoms with Gasteiger partial charge in [0, 0.05) is 17.7 Å². The number of nitro groups is 1. The van der Waals surface area contributed by atoms with E-state index in [4.69, 9.17) is 0 Å². The number of nitro benzene ring substituents is 1. The number of hydrogen-bond donors (Lipinski definition) is 3. The number of aromatic hydroxyl groups is 2. The average molecular weight is 301 g/mol. The minimum absolute atomic E-state index is 0.0151. The maximum atomic E-state index is 11.8. The Bertz CT molecular complexity index is 758. The van der Waals surface area contributed by atoms with Crippen molar-refractivity contribution in [2.75, 3.05) is 0 Å². The van der Waals surface area contributed by atoms with Crippen LogP contribution in [0.25, 0.3) is 0 Å². The fourth-order valence-electron chi connectivity index (χ4n) is 1.64. The fraction of sp³-hybridized carbons (Fsp3) is 0. The number of amides is 1. The van der Waals surface area contributed by atoms with Gasteiger partial charge in [-0.1, -0.05) is 12.1 Å². The summed E-state index contributed by atoms with van der Waals surface area (Å²) < 4.78 is 0. The van der Waals surface area contributed by atoms with E-state index in [1.807, 2.05) is 0 Å².